The molecule has 0 aromatic heterocycles. The smallest absolute Gasteiger partial charge is 0.335 e. The molecule has 0 saturated heterocycles. The molecule has 26 heavy (non-hydrogen) atoms. The van der Waals surface area contributed by atoms with Crippen molar-refractivity contribution < 1.29 is 14.6 Å². The highest BCUT2D eigenvalue weighted by molar-refractivity contribution is 6.34. The van der Waals surface area contributed by atoms with Crippen LogP contribution in [0.15, 0.2) is 65.8 Å². The number of allylic oxidation sites excluding steroid dienone is 3. The van der Waals surface area contributed by atoms with Gasteiger partial charge in [-0.3, -0.25) is 5.41 Å². The number of benzene rings is 2. The number of carboxylic acid groups (broad SMARTS) is 1. The summed E-state index contributed by atoms with van der Waals surface area (Å²) in [5, 5.41) is 17.6. The molecule has 0 radical (unpaired) electrons. The Balaban J connectivity index is 1.60. The molecule has 0 fully saturated rings. The van der Waals surface area contributed by atoms with E-state index in [1.54, 1.807) is 24.3 Å². The Kier molecular flexibility index (Phi) is 3.81. The summed E-state index contributed by atoms with van der Waals surface area (Å²) in [6.07, 6.45) is 5.91. The van der Waals surface area contributed by atoms with Crippen LogP contribution in [0.2, 0.25) is 0 Å². The van der Waals surface area contributed by atoms with Gasteiger partial charge in [-0.05, 0) is 41.8 Å². The molecule has 128 valence electrons. The molecule has 2 aromatic carbocycles. The van der Waals surface area contributed by atoms with Gasteiger partial charge in [0.15, 0.2) is 0 Å². The lowest BCUT2D eigenvalue weighted by atomic mass is 9.94. The van der Waals surface area contributed by atoms with Gasteiger partial charge in [0.05, 0.1) is 11.3 Å². The van der Waals surface area contributed by atoms with Gasteiger partial charge in [-0.15, -0.1) is 0 Å². The van der Waals surface area contributed by atoms with Crippen molar-refractivity contribution in [2.45, 2.75) is 6.92 Å². The van der Waals surface area contributed by atoms with E-state index in [4.69, 9.17) is 15.3 Å². The summed E-state index contributed by atoms with van der Waals surface area (Å²) >= 11 is 0. The predicted octanol–water partition coefficient (Wildman–Crippen LogP) is 4.51. The molecule has 4 nitrogen and oxygen atoms in total. The van der Waals surface area contributed by atoms with Crippen molar-refractivity contribution in [3.8, 4) is 5.75 Å². The van der Waals surface area contributed by atoms with Gasteiger partial charge < -0.3 is 9.84 Å². The van der Waals surface area contributed by atoms with E-state index < -0.39 is 5.97 Å². The fourth-order valence-corrected chi connectivity index (χ4v) is 3.30. The molecule has 0 spiro atoms. The van der Waals surface area contributed by atoms with E-state index in [2.05, 4.69) is 6.08 Å². The van der Waals surface area contributed by atoms with E-state index in [9.17, 15) is 4.79 Å². The van der Waals surface area contributed by atoms with Crippen LogP contribution in [-0.4, -0.2) is 23.4 Å². The lowest BCUT2D eigenvalue weighted by Gasteiger charge is -2.21. The second-order valence-corrected chi connectivity index (χ2v) is 6.37. The fraction of sp³-hybridized carbons (Fsp3) is 0.0909. The van der Waals surface area contributed by atoms with Gasteiger partial charge in [-0.2, -0.15) is 0 Å². The fourth-order valence-electron chi connectivity index (χ4n) is 3.30. The summed E-state index contributed by atoms with van der Waals surface area (Å²) in [5.41, 5.74) is 6.23. The number of nitrogens with one attached hydrogen (secondary N) is 1. The number of hydrogen-bond acceptors (Lipinski definition) is 3. The van der Waals surface area contributed by atoms with Crippen LogP contribution >= 0.6 is 0 Å². The van der Waals surface area contributed by atoms with Crippen molar-refractivity contribution >= 4 is 23.3 Å². The Morgan fingerprint density at radius 3 is 2.54 bits per heavy atom. The number of carbonyl (C=O) groups is 1. The van der Waals surface area contributed by atoms with Gasteiger partial charge in [-0.1, -0.05) is 42.5 Å². The summed E-state index contributed by atoms with van der Waals surface area (Å²) in [5.74, 6) is -0.0527. The Morgan fingerprint density at radius 1 is 1.08 bits per heavy atom. The van der Waals surface area contributed by atoms with E-state index >= 15 is 0 Å². The number of ether oxygens (including phenoxy) is 1. The van der Waals surface area contributed by atoms with Crippen LogP contribution in [0.3, 0.4) is 0 Å². The zero-order valence-electron chi connectivity index (χ0n) is 14.2. The van der Waals surface area contributed by atoms with Crippen LogP contribution in [0.5, 0.6) is 5.75 Å². The maximum absolute atomic E-state index is 11.0. The van der Waals surface area contributed by atoms with Crippen LogP contribution in [0, 0.1) is 12.3 Å². The Bertz CT molecular complexity index is 1020. The lowest BCUT2D eigenvalue weighted by Crippen LogP contribution is -2.13. The minimum Gasteiger partial charge on any atom is -0.488 e. The minimum absolute atomic E-state index is 0.238. The van der Waals surface area contributed by atoms with Gasteiger partial charge >= 0.3 is 5.97 Å². The first-order valence-corrected chi connectivity index (χ1v) is 8.33. The number of aromatic carboxylic acids is 1. The molecule has 4 heteroatoms. The van der Waals surface area contributed by atoms with E-state index in [0.29, 0.717) is 12.3 Å². The molecule has 1 aliphatic carbocycles. The number of rotatable bonds is 3. The SMILES string of the molecule is Cc1cccc2c1OCC(C1=CC=C(c3ccc(C(=O)O)cc3)C1=N)=C2. The molecular formula is C22H17NO3. The minimum atomic E-state index is -0.954. The lowest BCUT2D eigenvalue weighted by molar-refractivity contribution is 0.0697. The van der Waals surface area contributed by atoms with Crippen molar-refractivity contribution in [3.63, 3.8) is 0 Å². The maximum atomic E-state index is 11.0. The van der Waals surface area contributed by atoms with Crippen LogP contribution in [0.1, 0.15) is 27.0 Å². The molecular weight excluding hydrogens is 326 g/mol. The highest BCUT2D eigenvalue weighted by Gasteiger charge is 2.23. The monoisotopic (exact) mass is 343 g/mol. The first kappa shape index (κ1) is 16.1. The zero-order valence-corrected chi connectivity index (χ0v) is 14.2. The van der Waals surface area contributed by atoms with E-state index in [1.807, 2.05) is 37.3 Å². The maximum Gasteiger partial charge on any atom is 0.335 e. The third-order valence-electron chi connectivity index (χ3n) is 4.69. The van der Waals surface area contributed by atoms with Gasteiger partial charge in [0.1, 0.15) is 12.4 Å². The molecule has 1 heterocycles. The highest BCUT2D eigenvalue weighted by Crippen LogP contribution is 2.35. The molecule has 2 aromatic rings. The summed E-state index contributed by atoms with van der Waals surface area (Å²) in [6.45, 7) is 2.46. The van der Waals surface area contributed by atoms with Gasteiger partial charge in [0.2, 0.25) is 0 Å². The molecule has 0 unspecified atom stereocenters. The van der Waals surface area contributed by atoms with Crippen molar-refractivity contribution in [1.29, 1.82) is 5.41 Å². The molecule has 4 rings (SSSR count). The number of aryl methyl sites for hydroxylation is 1. The van der Waals surface area contributed by atoms with E-state index in [0.717, 1.165) is 39.2 Å². The first-order chi connectivity index (χ1) is 12.5. The summed E-state index contributed by atoms with van der Waals surface area (Å²) in [7, 11) is 0. The topological polar surface area (TPSA) is 70.4 Å². The van der Waals surface area contributed by atoms with Gasteiger partial charge in [0.25, 0.3) is 0 Å². The van der Waals surface area contributed by atoms with Crippen LogP contribution in [0.4, 0.5) is 0 Å². The predicted molar refractivity (Wildman–Crippen MR) is 102 cm³/mol. The standard InChI is InChI=1S/C22H17NO3/c1-13-3-2-4-16-11-17(12-26-21(13)16)19-10-9-18(20(19)23)14-5-7-15(8-6-14)22(24)25/h2-11,23H,12H2,1H3,(H,24,25). The third kappa shape index (κ3) is 2.65. The Hall–Kier alpha value is -3.40. The number of hydrogen-bond donors (Lipinski definition) is 2. The third-order valence-corrected chi connectivity index (χ3v) is 4.69. The van der Waals surface area contributed by atoms with Gasteiger partial charge in [-0.25, -0.2) is 4.79 Å². The summed E-state index contributed by atoms with van der Waals surface area (Å²) in [6, 6.07) is 12.6. The number of carboxylic acids is 1. The van der Waals surface area contributed by atoms with Gasteiger partial charge in [0, 0.05) is 16.7 Å². The largest absolute Gasteiger partial charge is 0.488 e. The number of fused-ring (bicyclic) bond motifs is 1. The molecule has 1 aliphatic heterocycles. The second-order valence-electron chi connectivity index (χ2n) is 6.37. The molecule has 0 amide bonds. The van der Waals surface area contributed by atoms with Crippen LogP contribution in [0.25, 0.3) is 11.6 Å². The molecule has 0 bridgehead atoms. The Labute approximate surface area is 151 Å². The normalized spacial score (nSPS) is 15.6. The van der Waals surface area contributed by atoms with E-state index in [-0.39, 0.29) is 5.56 Å². The van der Waals surface area contributed by atoms with Crippen molar-refractivity contribution in [2.24, 2.45) is 0 Å². The Morgan fingerprint density at radius 2 is 1.81 bits per heavy atom. The van der Waals surface area contributed by atoms with Crippen molar-refractivity contribution in [2.75, 3.05) is 6.61 Å². The zero-order chi connectivity index (χ0) is 18.3. The second kappa shape index (κ2) is 6.15. The van der Waals surface area contributed by atoms with Crippen molar-refractivity contribution in [1.82, 2.24) is 0 Å². The van der Waals surface area contributed by atoms with Crippen LogP contribution < -0.4 is 4.74 Å². The average Bonchev–Trinajstić information content (AvgIpc) is 3.03. The average molecular weight is 343 g/mol. The van der Waals surface area contributed by atoms with Crippen molar-refractivity contribution in [3.05, 3.63) is 88.0 Å². The molecule has 2 aliphatic rings. The highest BCUT2D eigenvalue weighted by atomic mass is 16.5. The van der Waals surface area contributed by atoms with E-state index in [1.165, 1.54) is 0 Å². The molecule has 0 atom stereocenters. The summed E-state index contributed by atoms with van der Waals surface area (Å²) < 4.78 is 5.92. The number of para-hydroxylation sites is 1. The van der Waals surface area contributed by atoms with Crippen LogP contribution in [-0.2, 0) is 0 Å². The summed E-state index contributed by atoms with van der Waals surface area (Å²) in [4.78, 5) is 11.0. The molecule has 2 N–H and O–H groups in total. The molecule has 0 saturated carbocycles. The first-order valence-electron chi connectivity index (χ1n) is 8.33. The quantitative estimate of drug-likeness (QED) is 0.861.